The molecule has 2 atom stereocenters. The van der Waals surface area contributed by atoms with Crippen molar-refractivity contribution in [1.82, 2.24) is 0 Å². The van der Waals surface area contributed by atoms with Gasteiger partial charge in [-0.05, 0) is 25.1 Å². The molecular formula is C18H21NO6S. The van der Waals surface area contributed by atoms with Gasteiger partial charge in [0.1, 0.15) is 0 Å². The maximum atomic E-state index is 12.6. The molecule has 0 saturated carbocycles. The molecule has 140 valence electrons. The Labute approximate surface area is 152 Å². The molecule has 1 aromatic rings. The maximum Gasteiger partial charge on any atom is 0.335 e. The highest BCUT2D eigenvalue weighted by Crippen LogP contribution is 2.22. The minimum absolute atomic E-state index is 0.186. The van der Waals surface area contributed by atoms with Crippen molar-refractivity contribution in [2.24, 2.45) is 0 Å². The molecule has 0 fully saturated rings. The molecular weight excluding hydrogens is 358 g/mol. The molecule has 1 aliphatic heterocycles. The largest absolute Gasteiger partial charge is 0.454 e. The van der Waals surface area contributed by atoms with Crippen LogP contribution in [0.25, 0.3) is 0 Å². The first-order chi connectivity index (χ1) is 12.3. The SMILES string of the molecule is C=CCOC(C)C(=O)OCC(=O)N(c1ccccc1)C1C=CS(=O)(=O)C1. The summed E-state index contributed by atoms with van der Waals surface area (Å²) in [4.78, 5) is 25.8. The quantitative estimate of drug-likeness (QED) is 0.502. The third kappa shape index (κ3) is 5.27. The monoisotopic (exact) mass is 379 g/mol. The van der Waals surface area contributed by atoms with Gasteiger partial charge in [0.05, 0.1) is 18.4 Å². The van der Waals surface area contributed by atoms with E-state index in [1.165, 1.54) is 24.0 Å². The van der Waals surface area contributed by atoms with Gasteiger partial charge in [0.25, 0.3) is 5.91 Å². The Hall–Kier alpha value is -2.45. The standard InChI is InChI=1S/C18H21NO6S/c1-3-10-24-14(2)18(21)25-12-17(20)19(15-7-5-4-6-8-15)16-9-11-26(22,23)13-16/h3-9,11,14,16H,1,10,12-13H2,2H3. The van der Waals surface area contributed by atoms with Gasteiger partial charge in [-0.2, -0.15) is 0 Å². The topological polar surface area (TPSA) is 90.0 Å². The van der Waals surface area contributed by atoms with Crippen LogP contribution in [-0.2, 0) is 28.9 Å². The van der Waals surface area contributed by atoms with Gasteiger partial charge in [0.15, 0.2) is 22.5 Å². The molecule has 1 aliphatic rings. The molecule has 0 saturated heterocycles. The van der Waals surface area contributed by atoms with Crippen molar-refractivity contribution in [3.63, 3.8) is 0 Å². The van der Waals surface area contributed by atoms with Crippen molar-refractivity contribution in [3.05, 3.63) is 54.5 Å². The Morgan fingerprint density at radius 3 is 2.62 bits per heavy atom. The fraction of sp³-hybridized carbons (Fsp3) is 0.333. The first kappa shape index (κ1) is 19.9. The second-order valence-corrected chi connectivity index (χ2v) is 7.63. The number of para-hydroxylation sites is 1. The molecule has 0 spiro atoms. The Bertz CT molecular complexity index is 787. The first-order valence-corrected chi connectivity index (χ1v) is 9.73. The average Bonchev–Trinajstić information content (AvgIpc) is 2.98. The van der Waals surface area contributed by atoms with Gasteiger partial charge in [0, 0.05) is 11.1 Å². The number of esters is 1. The number of amides is 1. The lowest BCUT2D eigenvalue weighted by Crippen LogP contribution is -2.44. The fourth-order valence-corrected chi connectivity index (χ4v) is 3.70. The second kappa shape index (κ2) is 8.77. The molecule has 2 rings (SSSR count). The summed E-state index contributed by atoms with van der Waals surface area (Å²) < 4.78 is 33.6. The van der Waals surface area contributed by atoms with Gasteiger partial charge in [-0.15, -0.1) is 6.58 Å². The molecule has 1 aromatic carbocycles. The summed E-state index contributed by atoms with van der Waals surface area (Å²) in [5.41, 5.74) is 0.524. The molecule has 0 N–H and O–H groups in total. The summed E-state index contributed by atoms with van der Waals surface area (Å²) in [5, 5.41) is 1.10. The highest BCUT2D eigenvalue weighted by Gasteiger charge is 2.32. The summed E-state index contributed by atoms with van der Waals surface area (Å²) in [6.07, 6.45) is 2.12. The lowest BCUT2D eigenvalue weighted by molar-refractivity contribution is -0.157. The van der Waals surface area contributed by atoms with Crippen LogP contribution in [-0.4, -0.2) is 51.4 Å². The van der Waals surface area contributed by atoms with Crippen LogP contribution in [0, 0.1) is 0 Å². The van der Waals surface area contributed by atoms with Gasteiger partial charge in [-0.1, -0.05) is 24.3 Å². The van der Waals surface area contributed by atoms with Gasteiger partial charge in [0.2, 0.25) is 0 Å². The van der Waals surface area contributed by atoms with Gasteiger partial charge in [-0.3, -0.25) is 4.79 Å². The van der Waals surface area contributed by atoms with E-state index in [4.69, 9.17) is 9.47 Å². The normalized spacial score (nSPS) is 18.9. The van der Waals surface area contributed by atoms with E-state index in [1.54, 1.807) is 30.3 Å². The number of hydrogen-bond acceptors (Lipinski definition) is 6. The lowest BCUT2D eigenvalue weighted by atomic mass is 10.2. The van der Waals surface area contributed by atoms with E-state index in [0.717, 1.165) is 5.41 Å². The van der Waals surface area contributed by atoms with Crippen molar-refractivity contribution in [1.29, 1.82) is 0 Å². The van der Waals surface area contributed by atoms with E-state index in [2.05, 4.69) is 6.58 Å². The Kier molecular flexibility index (Phi) is 6.70. The number of carbonyl (C=O) groups is 2. The molecule has 0 bridgehead atoms. The van der Waals surface area contributed by atoms with E-state index >= 15 is 0 Å². The fourth-order valence-electron chi connectivity index (χ4n) is 2.43. The van der Waals surface area contributed by atoms with Crippen molar-refractivity contribution in [2.75, 3.05) is 23.9 Å². The van der Waals surface area contributed by atoms with Gasteiger partial charge < -0.3 is 14.4 Å². The third-order valence-electron chi connectivity index (χ3n) is 3.68. The number of hydrogen-bond donors (Lipinski definition) is 0. The van der Waals surface area contributed by atoms with Crippen LogP contribution in [0.3, 0.4) is 0 Å². The molecule has 8 heteroatoms. The van der Waals surface area contributed by atoms with Gasteiger partial charge >= 0.3 is 5.97 Å². The molecule has 0 radical (unpaired) electrons. The van der Waals surface area contributed by atoms with Gasteiger partial charge in [-0.25, -0.2) is 13.2 Å². The Morgan fingerprint density at radius 1 is 1.35 bits per heavy atom. The zero-order chi connectivity index (χ0) is 19.2. The smallest absolute Gasteiger partial charge is 0.335 e. The van der Waals surface area contributed by atoms with Crippen LogP contribution in [0.5, 0.6) is 0 Å². The number of rotatable bonds is 8. The van der Waals surface area contributed by atoms with Crippen molar-refractivity contribution >= 4 is 27.4 Å². The Morgan fingerprint density at radius 2 is 2.04 bits per heavy atom. The van der Waals surface area contributed by atoms with E-state index in [9.17, 15) is 18.0 Å². The van der Waals surface area contributed by atoms with Crippen molar-refractivity contribution in [2.45, 2.75) is 19.1 Å². The molecule has 2 unspecified atom stereocenters. The minimum atomic E-state index is -3.35. The van der Waals surface area contributed by atoms with E-state index in [-0.39, 0.29) is 12.4 Å². The number of nitrogens with zero attached hydrogens (tertiary/aromatic N) is 1. The van der Waals surface area contributed by atoms with E-state index < -0.39 is 40.5 Å². The highest BCUT2D eigenvalue weighted by molar-refractivity contribution is 7.94. The second-order valence-electron chi connectivity index (χ2n) is 5.70. The third-order valence-corrected chi connectivity index (χ3v) is 5.06. The predicted octanol–water partition coefficient (Wildman–Crippen LogP) is 1.46. The predicted molar refractivity (Wildman–Crippen MR) is 97.2 cm³/mol. The Balaban J connectivity index is 2.08. The minimum Gasteiger partial charge on any atom is -0.454 e. The van der Waals surface area contributed by atoms with Crippen LogP contribution >= 0.6 is 0 Å². The number of carbonyl (C=O) groups excluding carboxylic acids is 2. The van der Waals surface area contributed by atoms with Crippen molar-refractivity contribution < 1.29 is 27.5 Å². The van der Waals surface area contributed by atoms with Crippen LogP contribution < -0.4 is 4.90 Å². The molecule has 0 aromatic heterocycles. The maximum absolute atomic E-state index is 12.6. The zero-order valence-electron chi connectivity index (χ0n) is 14.4. The van der Waals surface area contributed by atoms with E-state index in [1.807, 2.05) is 0 Å². The first-order valence-electron chi connectivity index (χ1n) is 8.01. The number of sulfone groups is 1. The summed E-state index contributed by atoms with van der Waals surface area (Å²) >= 11 is 0. The zero-order valence-corrected chi connectivity index (χ0v) is 15.2. The molecule has 26 heavy (non-hydrogen) atoms. The molecule has 0 aliphatic carbocycles. The van der Waals surface area contributed by atoms with Crippen molar-refractivity contribution in [3.8, 4) is 0 Å². The summed E-state index contributed by atoms with van der Waals surface area (Å²) in [6.45, 7) is 4.67. The lowest BCUT2D eigenvalue weighted by Gasteiger charge is -2.27. The summed E-state index contributed by atoms with van der Waals surface area (Å²) in [5.74, 6) is -1.41. The summed E-state index contributed by atoms with van der Waals surface area (Å²) in [6, 6.07) is 7.98. The molecule has 1 heterocycles. The number of benzene rings is 1. The average molecular weight is 379 g/mol. The molecule has 1 amide bonds. The molecule has 7 nitrogen and oxygen atoms in total. The highest BCUT2D eigenvalue weighted by atomic mass is 32.2. The number of ether oxygens (including phenoxy) is 2. The summed E-state index contributed by atoms with van der Waals surface area (Å²) in [7, 11) is -3.35. The van der Waals surface area contributed by atoms with Crippen LogP contribution in [0.15, 0.2) is 54.5 Å². The van der Waals surface area contributed by atoms with E-state index in [0.29, 0.717) is 5.69 Å². The van der Waals surface area contributed by atoms with Crippen LogP contribution in [0.1, 0.15) is 6.92 Å². The van der Waals surface area contributed by atoms with Crippen LogP contribution in [0.2, 0.25) is 0 Å². The number of anilines is 1. The van der Waals surface area contributed by atoms with Crippen LogP contribution in [0.4, 0.5) is 5.69 Å².